The van der Waals surface area contributed by atoms with Gasteiger partial charge in [0.25, 0.3) is 0 Å². The van der Waals surface area contributed by atoms with Gasteiger partial charge in [0.05, 0.1) is 5.69 Å². The van der Waals surface area contributed by atoms with Crippen LogP contribution in [0, 0.1) is 6.92 Å². The van der Waals surface area contributed by atoms with Crippen LogP contribution in [0.15, 0.2) is 48.6 Å². The number of aryl methyl sites for hydroxylation is 1. The number of rotatable bonds is 3. The SMILES string of the molecule is Cc1cc2n(c1-c1ccccc1)CCNC2C.O=C(O)/C=C/C(=O)O. The van der Waals surface area contributed by atoms with Crippen molar-refractivity contribution in [3.63, 3.8) is 0 Å². The maximum Gasteiger partial charge on any atom is 0.328 e. The molecule has 1 aliphatic heterocycles. The van der Waals surface area contributed by atoms with E-state index in [0.717, 1.165) is 13.1 Å². The molecule has 0 spiro atoms. The number of fused-ring (bicyclic) bond motifs is 1. The van der Waals surface area contributed by atoms with Crippen molar-refractivity contribution in [3.8, 4) is 11.3 Å². The van der Waals surface area contributed by atoms with Gasteiger partial charge in [0.15, 0.2) is 0 Å². The van der Waals surface area contributed by atoms with Gasteiger partial charge in [-0.3, -0.25) is 0 Å². The Morgan fingerprint density at radius 3 is 2.32 bits per heavy atom. The Balaban J connectivity index is 0.000000242. The van der Waals surface area contributed by atoms with Crippen LogP contribution in [0.3, 0.4) is 0 Å². The zero-order valence-corrected chi connectivity index (χ0v) is 14.3. The Labute approximate surface area is 146 Å². The van der Waals surface area contributed by atoms with E-state index in [2.05, 4.69) is 60.1 Å². The number of nitrogens with zero attached hydrogens (tertiary/aromatic N) is 1. The van der Waals surface area contributed by atoms with Crippen LogP contribution >= 0.6 is 0 Å². The largest absolute Gasteiger partial charge is 0.478 e. The molecule has 0 amide bonds. The third-order valence-electron chi connectivity index (χ3n) is 3.96. The third-order valence-corrected chi connectivity index (χ3v) is 3.96. The lowest BCUT2D eigenvalue weighted by Gasteiger charge is -2.25. The Bertz CT molecular complexity index is 762. The summed E-state index contributed by atoms with van der Waals surface area (Å²) in [6.07, 6.45) is 1.12. The van der Waals surface area contributed by atoms with Gasteiger partial charge in [-0.05, 0) is 31.0 Å². The van der Waals surface area contributed by atoms with E-state index in [1.165, 1.54) is 22.5 Å². The second kappa shape index (κ2) is 8.30. The van der Waals surface area contributed by atoms with Crippen molar-refractivity contribution >= 4 is 11.9 Å². The minimum atomic E-state index is -1.26. The highest BCUT2D eigenvalue weighted by atomic mass is 16.4. The third kappa shape index (κ3) is 4.81. The van der Waals surface area contributed by atoms with E-state index in [9.17, 15) is 9.59 Å². The van der Waals surface area contributed by atoms with Gasteiger partial charge >= 0.3 is 11.9 Å². The standard InChI is InChI=1S/C15H18N2.C4H4O4/c1-11-10-14-12(2)16-8-9-17(14)15(11)13-6-4-3-5-7-13;5-3(6)1-2-4(7)8/h3-7,10,12,16H,8-9H2,1-2H3;1-2H,(H,5,6)(H,7,8)/b;2-1+. The predicted molar refractivity (Wildman–Crippen MR) is 95.4 cm³/mol. The Morgan fingerprint density at radius 1 is 1.16 bits per heavy atom. The Kier molecular flexibility index (Phi) is 6.14. The van der Waals surface area contributed by atoms with Crippen LogP contribution in [0.1, 0.15) is 24.2 Å². The summed E-state index contributed by atoms with van der Waals surface area (Å²) in [5.74, 6) is -2.51. The molecule has 132 valence electrons. The molecule has 1 unspecified atom stereocenters. The number of aromatic nitrogens is 1. The van der Waals surface area contributed by atoms with Gasteiger partial charge in [-0.15, -0.1) is 0 Å². The normalized spacial score (nSPS) is 16.0. The highest BCUT2D eigenvalue weighted by molar-refractivity contribution is 5.89. The Morgan fingerprint density at radius 2 is 1.76 bits per heavy atom. The van der Waals surface area contributed by atoms with Crippen molar-refractivity contribution in [1.29, 1.82) is 0 Å². The molecule has 0 bridgehead atoms. The van der Waals surface area contributed by atoms with Crippen molar-refractivity contribution in [1.82, 2.24) is 9.88 Å². The van der Waals surface area contributed by atoms with Gasteiger partial charge in [-0.2, -0.15) is 0 Å². The van der Waals surface area contributed by atoms with Crippen LogP contribution < -0.4 is 5.32 Å². The maximum absolute atomic E-state index is 9.55. The lowest BCUT2D eigenvalue weighted by molar-refractivity contribution is -0.134. The van der Waals surface area contributed by atoms with E-state index in [1.54, 1.807) is 0 Å². The fourth-order valence-electron chi connectivity index (χ4n) is 2.93. The summed E-state index contributed by atoms with van der Waals surface area (Å²) >= 11 is 0. The van der Waals surface area contributed by atoms with Gasteiger partial charge in [0.2, 0.25) is 0 Å². The first-order chi connectivity index (χ1) is 11.9. The second-order valence-electron chi connectivity index (χ2n) is 5.80. The number of hydrogen-bond acceptors (Lipinski definition) is 3. The van der Waals surface area contributed by atoms with E-state index in [1.807, 2.05) is 0 Å². The molecule has 2 aromatic rings. The molecule has 0 saturated heterocycles. The van der Waals surface area contributed by atoms with Crippen LogP contribution in [0.2, 0.25) is 0 Å². The molecule has 1 atom stereocenters. The number of carboxylic acid groups (broad SMARTS) is 2. The van der Waals surface area contributed by atoms with Crippen molar-refractivity contribution in [2.75, 3.05) is 6.54 Å². The molecular weight excluding hydrogens is 320 g/mol. The molecule has 3 rings (SSSR count). The molecule has 0 fully saturated rings. The molecule has 6 heteroatoms. The lowest BCUT2D eigenvalue weighted by atomic mass is 10.1. The molecule has 1 aromatic heterocycles. The quantitative estimate of drug-likeness (QED) is 0.746. The molecule has 3 N–H and O–H groups in total. The zero-order chi connectivity index (χ0) is 18.4. The number of aliphatic carboxylic acids is 2. The van der Waals surface area contributed by atoms with Crippen LogP contribution in [-0.2, 0) is 16.1 Å². The van der Waals surface area contributed by atoms with Gasteiger partial charge in [0.1, 0.15) is 0 Å². The molecular formula is C19H22N2O4. The van der Waals surface area contributed by atoms with Crippen LogP contribution in [-0.4, -0.2) is 33.3 Å². The minimum absolute atomic E-state index is 0.458. The molecule has 25 heavy (non-hydrogen) atoms. The number of hydrogen-bond donors (Lipinski definition) is 3. The van der Waals surface area contributed by atoms with Crippen molar-refractivity contribution in [3.05, 3.63) is 59.8 Å². The highest BCUT2D eigenvalue weighted by Crippen LogP contribution is 2.31. The van der Waals surface area contributed by atoms with Gasteiger partial charge in [-0.25, -0.2) is 9.59 Å². The molecule has 1 aliphatic rings. The summed E-state index contributed by atoms with van der Waals surface area (Å²) in [6.45, 7) is 6.57. The summed E-state index contributed by atoms with van der Waals surface area (Å²) < 4.78 is 2.46. The van der Waals surface area contributed by atoms with E-state index in [-0.39, 0.29) is 0 Å². The predicted octanol–water partition coefficient (Wildman–Crippen LogP) is 2.84. The maximum atomic E-state index is 9.55. The fourth-order valence-corrected chi connectivity index (χ4v) is 2.93. The lowest BCUT2D eigenvalue weighted by Crippen LogP contribution is -2.31. The first kappa shape index (κ1) is 18.5. The van der Waals surface area contributed by atoms with Crippen molar-refractivity contribution in [2.24, 2.45) is 0 Å². The van der Waals surface area contributed by atoms with Gasteiger partial charge in [0, 0.05) is 37.0 Å². The average Bonchev–Trinajstić information content (AvgIpc) is 2.92. The second-order valence-corrected chi connectivity index (χ2v) is 5.80. The topological polar surface area (TPSA) is 91.6 Å². The number of nitrogens with one attached hydrogen (secondary N) is 1. The van der Waals surface area contributed by atoms with E-state index in [4.69, 9.17) is 10.2 Å². The number of carbonyl (C=O) groups is 2. The molecule has 0 radical (unpaired) electrons. The first-order valence-electron chi connectivity index (χ1n) is 8.03. The molecule has 6 nitrogen and oxygen atoms in total. The number of carboxylic acids is 2. The van der Waals surface area contributed by atoms with E-state index < -0.39 is 11.9 Å². The summed E-state index contributed by atoms with van der Waals surface area (Å²) in [7, 11) is 0. The summed E-state index contributed by atoms with van der Waals surface area (Å²) in [4.78, 5) is 19.1. The van der Waals surface area contributed by atoms with Crippen molar-refractivity contribution in [2.45, 2.75) is 26.4 Å². The molecule has 1 aromatic carbocycles. The first-order valence-corrected chi connectivity index (χ1v) is 8.03. The summed E-state index contributed by atoms with van der Waals surface area (Å²) in [6, 6.07) is 13.5. The molecule has 0 saturated carbocycles. The smallest absolute Gasteiger partial charge is 0.328 e. The van der Waals surface area contributed by atoms with Crippen LogP contribution in [0.25, 0.3) is 11.3 Å². The molecule has 2 heterocycles. The molecule has 0 aliphatic carbocycles. The zero-order valence-electron chi connectivity index (χ0n) is 14.3. The number of benzene rings is 1. The monoisotopic (exact) mass is 342 g/mol. The van der Waals surface area contributed by atoms with Crippen LogP contribution in [0.4, 0.5) is 0 Å². The van der Waals surface area contributed by atoms with Gasteiger partial charge in [-0.1, -0.05) is 30.3 Å². The van der Waals surface area contributed by atoms with E-state index in [0.29, 0.717) is 18.2 Å². The highest BCUT2D eigenvalue weighted by Gasteiger charge is 2.20. The summed E-state index contributed by atoms with van der Waals surface area (Å²) in [5.41, 5.74) is 5.49. The fraction of sp³-hybridized carbons (Fsp3) is 0.263. The van der Waals surface area contributed by atoms with Crippen LogP contribution in [0.5, 0.6) is 0 Å². The Hall–Kier alpha value is -2.86. The van der Waals surface area contributed by atoms with Gasteiger partial charge < -0.3 is 20.1 Å². The van der Waals surface area contributed by atoms with E-state index >= 15 is 0 Å². The minimum Gasteiger partial charge on any atom is -0.478 e. The summed E-state index contributed by atoms with van der Waals surface area (Å²) in [5, 5.41) is 19.1. The average molecular weight is 342 g/mol. The van der Waals surface area contributed by atoms with Crippen molar-refractivity contribution < 1.29 is 19.8 Å².